The first kappa shape index (κ1) is 23.0. The summed E-state index contributed by atoms with van der Waals surface area (Å²) in [6.07, 6.45) is 5.04. The predicted octanol–water partition coefficient (Wildman–Crippen LogP) is 2.13. The number of carbonyl (C=O) groups excluding carboxylic acids is 1. The lowest BCUT2D eigenvalue weighted by atomic mass is 10.0. The average Bonchev–Trinajstić information content (AvgIpc) is 2.75. The highest BCUT2D eigenvalue weighted by molar-refractivity contribution is 5.84. The Morgan fingerprint density at radius 2 is 2.00 bits per heavy atom. The van der Waals surface area contributed by atoms with Gasteiger partial charge in [-0.1, -0.05) is 18.6 Å². The van der Waals surface area contributed by atoms with E-state index in [9.17, 15) is 4.79 Å². The fraction of sp³-hybridized carbons (Fsp3) is 0.636. The molecular formula is C22H37N5O2. The third-order valence-corrected chi connectivity index (χ3v) is 5.23. The minimum atomic E-state index is -0.0971. The van der Waals surface area contributed by atoms with E-state index in [1.165, 1.54) is 25.8 Å². The first-order chi connectivity index (χ1) is 14.1. The molecule has 0 aromatic heterocycles. The normalized spacial score (nSPS) is 17.6. The molecule has 29 heavy (non-hydrogen) atoms. The van der Waals surface area contributed by atoms with Gasteiger partial charge in [-0.3, -0.25) is 4.79 Å². The van der Waals surface area contributed by atoms with Gasteiger partial charge >= 0.3 is 0 Å². The number of hydrogen-bond acceptors (Lipinski definition) is 4. The van der Waals surface area contributed by atoms with Crippen LogP contribution in [0, 0.1) is 0 Å². The number of nitrogens with one attached hydrogen (secondary N) is 3. The lowest BCUT2D eigenvalue weighted by Crippen LogP contribution is -2.41. The maximum absolute atomic E-state index is 12.1. The molecule has 3 N–H and O–H groups in total. The van der Waals surface area contributed by atoms with Gasteiger partial charge in [-0.25, -0.2) is 4.99 Å². The van der Waals surface area contributed by atoms with E-state index in [0.29, 0.717) is 18.5 Å². The molecule has 7 nitrogen and oxygen atoms in total. The molecule has 1 saturated heterocycles. The van der Waals surface area contributed by atoms with Gasteiger partial charge in [0.05, 0.1) is 7.11 Å². The van der Waals surface area contributed by atoms with Crippen LogP contribution < -0.4 is 20.7 Å². The molecule has 0 bridgehead atoms. The molecule has 1 atom stereocenters. The number of hydrogen-bond donors (Lipinski definition) is 3. The van der Waals surface area contributed by atoms with E-state index < -0.39 is 0 Å². The van der Waals surface area contributed by atoms with Gasteiger partial charge in [-0.05, 0) is 57.4 Å². The standard InChI is InChI=1S/C22H37N5O2/c1-4-23-22(24-13-7-15-27-14-6-5-8-18(27)2)26-17-21(28)25-16-19-9-11-20(29-3)12-10-19/h9-12,18H,4-8,13-17H2,1-3H3,(H,25,28)(H2,23,24,26). The van der Waals surface area contributed by atoms with Crippen molar-refractivity contribution in [2.24, 2.45) is 4.99 Å². The topological polar surface area (TPSA) is 78.0 Å². The molecule has 1 fully saturated rings. The summed E-state index contributed by atoms with van der Waals surface area (Å²) >= 11 is 0. The summed E-state index contributed by atoms with van der Waals surface area (Å²) in [5, 5.41) is 9.44. The summed E-state index contributed by atoms with van der Waals surface area (Å²) in [5.74, 6) is 1.40. The van der Waals surface area contributed by atoms with Crippen molar-refractivity contribution in [2.75, 3.05) is 39.8 Å². The van der Waals surface area contributed by atoms with E-state index in [-0.39, 0.29) is 12.5 Å². The van der Waals surface area contributed by atoms with Crippen molar-refractivity contribution in [3.63, 3.8) is 0 Å². The van der Waals surface area contributed by atoms with E-state index in [1.807, 2.05) is 31.2 Å². The lowest BCUT2D eigenvalue weighted by Gasteiger charge is -2.33. The monoisotopic (exact) mass is 403 g/mol. The molecule has 0 aliphatic carbocycles. The molecule has 162 valence electrons. The summed E-state index contributed by atoms with van der Waals surface area (Å²) in [6, 6.07) is 8.35. The number of methoxy groups -OCH3 is 1. The van der Waals surface area contributed by atoms with Crippen molar-refractivity contribution < 1.29 is 9.53 Å². The second kappa shape index (κ2) is 13.0. The summed E-state index contributed by atoms with van der Waals surface area (Å²) in [6.45, 7) is 8.87. The van der Waals surface area contributed by atoms with Crippen molar-refractivity contribution in [3.8, 4) is 5.75 Å². The first-order valence-electron chi connectivity index (χ1n) is 10.8. The molecule has 0 saturated carbocycles. The number of benzene rings is 1. The minimum absolute atomic E-state index is 0.0971. The van der Waals surface area contributed by atoms with Crippen molar-refractivity contribution in [3.05, 3.63) is 29.8 Å². The second-order valence-corrected chi connectivity index (χ2v) is 7.48. The van der Waals surface area contributed by atoms with Crippen LogP contribution in [0.4, 0.5) is 0 Å². The van der Waals surface area contributed by atoms with Crippen LogP contribution in [-0.2, 0) is 11.3 Å². The van der Waals surface area contributed by atoms with Gasteiger partial charge in [-0.15, -0.1) is 0 Å². The minimum Gasteiger partial charge on any atom is -0.497 e. The first-order valence-corrected chi connectivity index (χ1v) is 10.8. The third kappa shape index (κ3) is 8.73. The predicted molar refractivity (Wildman–Crippen MR) is 118 cm³/mol. The van der Waals surface area contributed by atoms with Crippen molar-refractivity contribution >= 4 is 11.9 Å². The molecule has 1 amide bonds. The van der Waals surface area contributed by atoms with Crippen LogP contribution in [0.2, 0.25) is 0 Å². The van der Waals surface area contributed by atoms with Gasteiger partial charge in [-0.2, -0.15) is 0 Å². The fourth-order valence-corrected chi connectivity index (χ4v) is 3.47. The number of guanidine groups is 1. The highest BCUT2D eigenvalue weighted by Gasteiger charge is 2.17. The van der Waals surface area contributed by atoms with Gasteiger partial charge in [0.1, 0.15) is 12.3 Å². The number of nitrogens with zero attached hydrogens (tertiary/aromatic N) is 2. The molecule has 1 aromatic rings. The van der Waals surface area contributed by atoms with Crippen LogP contribution in [-0.4, -0.2) is 62.6 Å². The van der Waals surface area contributed by atoms with Crippen molar-refractivity contribution in [1.29, 1.82) is 0 Å². The van der Waals surface area contributed by atoms with Gasteiger partial charge in [0.25, 0.3) is 0 Å². The zero-order valence-corrected chi connectivity index (χ0v) is 18.2. The van der Waals surface area contributed by atoms with E-state index in [2.05, 4.69) is 32.8 Å². The molecule has 0 radical (unpaired) electrons. The van der Waals surface area contributed by atoms with Crippen molar-refractivity contribution in [1.82, 2.24) is 20.9 Å². The molecule has 1 heterocycles. The van der Waals surface area contributed by atoms with E-state index in [1.54, 1.807) is 7.11 Å². The van der Waals surface area contributed by atoms with Crippen LogP contribution in [0.25, 0.3) is 0 Å². The Labute approximate surface area is 175 Å². The number of amides is 1. The zero-order valence-electron chi connectivity index (χ0n) is 18.2. The Morgan fingerprint density at radius 1 is 1.21 bits per heavy atom. The van der Waals surface area contributed by atoms with Crippen LogP contribution >= 0.6 is 0 Å². The summed E-state index contributed by atoms with van der Waals surface area (Å²) < 4.78 is 5.14. The smallest absolute Gasteiger partial charge is 0.242 e. The molecule has 2 rings (SSSR count). The zero-order chi connectivity index (χ0) is 20.9. The molecular weight excluding hydrogens is 366 g/mol. The average molecular weight is 404 g/mol. The van der Waals surface area contributed by atoms with Gasteiger partial charge in [0.2, 0.25) is 5.91 Å². The van der Waals surface area contributed by atoms with E-state index >= 15 is 0 Å². The number of aliphatic imine (C=N–C) groups is 1. The third-order valence-electron chi connectivity index (χ3n) is 5.23. The Hall–Kier alpha value is -2.28. The van der Waals surface area contributed by atoms with E-state index in [0.717, 1.165) is 37.4 Å². The Balaban J connectivity index is 1.68. The quantitative estimate of drug-likeness (QED) is 0.317. The molecule has 7 heteroatoms. The van der Waals surface area contributed by atoms with Crippen LogP contribution in [0.5, 0.6) is 5.75 Å². The maximum Gasteiger partial charge on any atom is 0.242 e. The number of ether oxygens (including phenoxy) is 1. The molecule has 1 aliphatic heterocycles. The molecule has 1 unspecified atom stereocenters. The fourth-order valence-electron chi connectivity index (χ4n) is 3.47. The molecule has 0 spiro atoms. The second-order valence-electron chi connectivity index (χ2n) is 7.48. The Morgan fingerprint density at radius 3 is 2.69 bits per heavy atom. The SMILES string of the molecule is CCNC(=NCC(=O)NCc1ccc(OC)cc1)NCCCN1CCCCC1C. The van der Waals surface area contributed by atoms with Crippen LogP contribution in [0.15, 0.2) is 29.3 Å². The van der Waals surface area contributed by atoms with Crippen LogP contribution in [0.3, 0.4) is 0 Å². The number of carbonyl (C=O) groups is 1. The van der Waals surface area contributed by atoms with Gasteiger partial charge in [0, 0.05) is 32.2 Å². The highest BCUT2D eigenvalue weighted by Crippen LogP contribution is 2.16. The number of rotatable bonds is 10. The van der Waals surface area contributed by atoms with E-state index in [4.69, 9.17) is 4.74 Å². The molecule has 1 aromatic carbocycles. The van der Waals surface area contributed by atoms with Crippen LogP contribution in [0.1, 0.15) is 45.1 Å². The van der Waals surface area contributed by atoms with Gasteiger partial charge < -0.3 is 25.6 Å². The summed E-state index contributed by atoms with van der Waals surface area (Å²) in [4.78, 5) is 19.1. The van der Waals surface area contributed by atoms with Crippen molar-refractivity contribution in [2.45, 2.75) is 52.1 Å². The lowest BCUT2D eigenvalue weighted by molar-refractivity contribution is -0.119. The summed E-state index contributed by atoms with van der Waals surface area (Å²) in [7, 11) is 1.64. The molecule has 1 aliphatic rings. The summed E-state index contributed by atoms with van der Waals surface area (Å²) in [5.41, 5.74) is 1.03. The number of likely N-dealkylation sites (tertiary alicyclic amines) is 1. The van der Waals surface area contributed by atoms with Gasteiger partial charge in [0.15, 0.2) is 5.96 Å². The Kier molecular flexibility index (Phi) is 10.3. The highest BCUT2D eigenvalue weighted by atomic mass is 16.5. The number of piperidine rings is 1. The largest absolute Gasteiger partial charge is 0.497 e. The maximum atomic E-state index is 12.1. The Bertz CT molecular complexity index is 633.